The molecule has 0 spiro atoms. The summed E-state index contributed by atoms with van der Waals surface area (Å²) in [6.45, 7) is 6.33. The number of nitrogens with zero attached hydrogens (tertiary/aromatic N) is 2. The monoisotopic (exact) mass is 295 g/mol. The highest BCUT2D eigenvalue weighted by atomic mass is 32.1. The summed E-state index contributed by atoms with van der Waals surface area (Å²) in [7, 11) is 2.10. The summed E-state index contributed by atoms with van der Waals surface area (Å²) in [6.07, 6.45) is 1.15. The Balaban J connectivity index is 1.96. The number of nitrogens with one attached hydrogen (secondary N) is 1. The molecule has 0 aromatic carbocycles. The average molecular weight is 295 g/mol. The Morgan fingerprint density at radius 1 is 1.42 bits per heavy atom. The van der Waals surface area contributed by atoms with Gasteiger partial charge >= 0.3 is 0 Å². The average Bonchev–Trinajstić information content (AvgIpc) is 3.06. The van der Waals surface area contributed by atoms with Crippen LogP contribution in [-0.2, 0) is 6.54 Å². The Morgan fingerprint density at radius 3 is 2.95 bits per heavy atom. The summed E-state index contributed by atoms with van der Waals surface area (Å²) in [5, 5.41) is 8.84. The molecule has 0 radical (unpaired) electrons. The van der Waals surface area contributed by atoms with E-state index >= 15 is 0 Å². The van der Waals surface area contributed by atoms with Gasteiger partial charge in [-0.3, -0.25) is 0 Å². The molecule has 1 atom stereocenters. The molecule has 0 aliphatic carbocycles. The summed E-state index contributed by atoms with van der Waals surface area (Å²) >= 11 is 3.51. The maximum Gasteiger partial charge on any atom is 0.185 e. The molecule has 2 aromatic rings. The van der Waals surface area contributed by atoms with Gasteiger partial charge in [0, 0.05) is 23.3 Å². The van der Waals surface area contributed by atoms with Crippen molar-refractivity contribution < 1.29 is 0 Å². The van der Waals surface area contributed by atoms with Crippen molar-refractivity contribution in [3.8, 4) is 0 Å². The molecule has 1 N–H and O–H groups in total. The summed E-state index contributed by atoms with van der Waals surface area (Å²) in [4.78, 5) is 8.32. The summed E-state index contributed by atoms with van der Waals surface area (Å²) in [5.74, 6) is 0. The van der Waals surface area contributed by atoms with Crippen molar-refractivity contribution >= 4 is 27.8 Å². The fraction of sp³-hybridized carbons (Fsp3) is 0.500. The molecule has 2 rings (SSSR count). The van der Waals surface area contributed by atoms with Gasteiger partial charge in [-0.1, -0.05) is 13.0 Å². The highest BCUT2D eigenvalue weighted by Crippen LogP contribution is 2.25. The van der Waals surface area contributed by atoms with E-state index in [1.165, 1.54) is 4.88 Å². The van der Waals surface area contributed by atoms with Gasteiger partial charge in [-0.15, -0.1) is 22.7 Å². The highest BCUT2D eigenvalue weighted by molar-refractivity contribution is 7.13. The zero-order valence-electron chi connectivity index (χ0n) is 11.7. The minimum atomic E-state index is 0.333. The van der Waals surface area contributed by atoms with Gasteiger partial charge in [0.1, 0.15) is 0 Å². The maximum atomic E-state index is 4.73. The van der Waals surface area contributed by atoms with Crippen LogP contribution < -0.4 is 10.2 Å². The molecule has 0 amide bonds. The SMILES string of the molecule is CCCNC(C)c1csc(N(C)Cc2cccs2)n1. The third-order valence-corrected chi connectivity index (χ3v) is 4.79. The Morgan fingerprint density at radius 2 is 2.26 bits per heavy atom. The van der Waals surface area contributed by atoms with Crippen LogP contribution >= 0.6 is 22.7 Å². The van der Waals surface area contributed by atoms with Gasteiger partial charge in [0.15, 0.2) is 5.13 Å². The van der Waals surface area contributed by atoms with Gasteiger partial charge in [-0.2, -0.15) is 0 Å². The number of hydrogen-bond donors (Lipinski definition) is 1. The number of aromatic nitrogens is 1. The third-order valence-electron chi connectivity index (χ3n) is 2.95. The minimum absolute atomic E-state index is 0.333. The van der Waals surface area contributed by atoms with Crippen LogP contribution in [0.15, 0.2) is 22.9 Å². The van der Waals surface area contributed by atoms with Crippen LogP contribution in [0.5, 0.6) is 0 Å². The molecule has 19 heavy (non-hydrogen) atoms. The number of hydrogen-bond acceptors (Lipinski definition) is 5. The molecular formula is C14H21N3S2. The van der Waals surface area contributed by atoms with Crippen molar-refractivity contribution in [2.24, 2.45) is 0 Å². The second-order valence-electron chi connectivity index (χ2n) is 4.67. The number of rotatable bonds is 7. The van der Waals surface area contributed by atoms with Gasteiger partial charge in [0.05, 0.1) is 12.2 Å². The first-order valence-electron chi connectivity index (χ1n) is 6.63. The van der Waals surface area contributed by atoms with E-state index in [1.54, 1.807) is 22.7 Å². The van der Waals surface area contributed by atoms with E-state index in [-0.39, 0.29) is 0 Å². The van der Waals surface area contributed by atoms with Crippen LogP contribution in [0.1, 0.15) is 36.9 Å². The standard InChI is InChI=1S/C14H21N3S2/c1-4-7-15-11(2)13-10-19-14(16-13)17(3)9-12-6-5-8-18-12/h5-6,8,10-11,15H,4,7,9H2,1-3H3. The van der Waals surface area contributed by atoms with Crippen molar-refractivity contribution in [2.75, 3.05) is 18.5 Å². The Hall–Kier alpha value is -0.910. The molecule has 2 heterocycles. The summed E-state index contributed by atoms with van der Waals surface area (Å²) in [5.41, 5.74) is 1.14. The van der Waals surface area contributed by atoms with Crippen molar-refractivity contribution in [1.82, 2.24) is 10.3 Å². The second kappa shape index (κ2) is 7.03. The second-order valence-corrected chi connectivity index (χ2v) is 6.53. The zero-order chi connectivity index (χ0) is 13.7. The molecule has 0 bridgehead atoms. The van der Waals surface area contributed by atoms with Crippen molar-refractivity contribution in [3.05, 3.63) is 33.5 Å². The zero-order valence-corrected chi connectivity index (χ0v) is 13.4. The van der Waals surface area contributed by atoms with E-state index in [0.29, 0.717) is 6.04 Å². The first-order valence-corrected chi connectivity index (χ1v) is 8.39. The van der Waals surface area contributed by atoms with E-state index in [2.05, 4.69) is 54.0 Å². The van der Waals surface area contributed by atoms with Crippen molar-refractivity contribution in [3.63, 3.8) is 0 Å². The molecule has 0 saturated heterocycles. The maximum absolute atomic E-state index is 4.73. The molecule has 0 fully saturated rings. The van der Waals surface area contributed by atoms with Gasteiger partial charge in [-0.25, -0.2) is 4.98 Å². The number of anilines is 1. The highest BCUT2D eigenvalue weighted by Gasteiger charge is 2.12. The number of thiazole rings is 1. The van der Waals surface area contributed by atoms with Gasteiger partial charge in [0.25, 0.3) is 0 Å². The molecule has 0 aliphatic rings. The van der Waals surface area contributed by atoms with Crippen LogP contribution in [0.2, 0.25) is 0 Å². The van der Waals surface area contributed by atoms with Crippen molar-refractivity contribution in [2.45, 2.75) is 32.9 Å². The molecule has 0 aliphatic heterocycles. The molecule has 104 valence electrons. The molecule has 5 heteroatoms. The lowest BCUT2D eigenvalue weighted by Gasteiger charge is -2.15. The fourth-order valence-corrected chi connectivity index (χ4v) is 3.46. The van der Waals surface area contributed by atoms with Crippen LogP contribution in [0.4, 0.5) is 5.13 Å². The Bertz CT molecular complexity index is 479. The topological polar surface area (TPSA) is 28.2 Å². The molecule has 3 nitrogen and oxygen atoms in total. The van der Waals surface area contributed by atoms with Gasteiger partial charge in [0.2, 0.25) is 0 Å². The predicted octanol–water partition coefficient (Wildman–Crippen LogP) is 3.90. The molecule has 0 saturated carbocycles. The van der Waals surface area contributed by atoms with Crippen LogP contribution in [0.3, 0.4) is 0 Å². The van der Waals surface area contributed by atoms with E-state index in [4.69, 9.17) is 4.98 Å². The Kier molecular flexibility index (Phi) is 5.36. The lowest BCUT2D eigenvalue weighted by atomic mass is 10.2. The first kappa shape index (κ1) is 14.5. The number of thiophene rings is 1. The smallest absolute Gasteiger partial charge is 0.185 e. The predicted molar refractivity (Wildman–Crippen MR) is 85.2 cm³/mol. The van der Waals surface area contributed by atoms with Gasteiger partial charge < -0.3 is 10.2 Å². The van der Waals surface area contributed by atoms with Gasteiger partial charge in [-0.05, 0) is 31.3 Å². The molecule has 1 unspecified atom stereocenters. The summed E-state index contributed by atoms with van der Waals surface area (Å²) < 4.78 is 0. The first-order chi connectivity index (χ1) is 9.20. The minimum Gasteiger partial charge on any atom is -0.346 e. The van der Waals surface area contributed by atoms with E-state index in [9.17, 15) is 0 Å². The summed E-state index contributed by atoms with van der Waals surface area (Å²) in [6, 6.07) is 4.60. The van der Waals surface area contributed by atoms with E-state index < -0.39 is 0 Å². The van der Waals surface area contributed by atoms with Crippen molar-refractivity contribution in [1.29, 1.82) is 0 Å². The van der Waals surface area contributed by atoms with E-state index in [0.717, 1.165) is 30.3 Å². The quantitative estimate of drug-likeness (QED) is 0.839. The molecule has 2 aromatic heterocycles. The van der Waals surface area contributed by atoms with Crippen LogP contribution in [0, 0.1) is 0 Å². The lowest BCUT2D eigenvalue weighted by molar-refractivity contribution is 0.561. The fourth-order valence-electron chi connectivity index (χ4n) is 1.82. The van der Waals surface area contributed by atoms with Crippen LogP contribution in [-0.4, -0.2) is 18.6 Å². The normalized spacial score (nSPS) is 12.6. The Labute approximate surface area is 123 Å². The lowest BCUT2D eigenvalue weighted by Crippen LogP contribution is -2.20. The van der Waals surface area contributed by atoms with E-state index in [1.807, 2.05) is 0 Å². The molecular weight excluding hydrogens is 274 g/mol. The third kappa shape index (κ3) is 4.03. The largest absolute Gasteiger partial charge is 0.346 e. The van der Waals surface area contributed by atoms with Crippen LogP contribution in [0.25, 0.3) is 0 Å².